The minimum absolute atomic E-state index is 0.0768. The van der Waals surface area contributed by atoms with E-state index in [1.54, 1.807) is 0 Å². The quantitative estimate of drug-likeness (QED) is 0.647. The molecule has 18 heavy (non-hydrogen) atoms. The Morgan fingerprint density at radius 3 is 2.78 bits per heavy atom. The summed E-state index contributed by atoms with van der Waals surface area (Å²) in [4.78, 5) is 10.9. The molecule has 0 radical (unpaired) electrons. The summed E-state index contributed by atoms with van der Waals surface area (Å²) in [7, 11) is 1.37. The number of carbonyl (C=O) groups is 1. The molecule has 100 valence electrons. The summed E-state index contributed by atoms with van der Waals surface area (Å²) in [6, 6.07) is 3.75. The number of aliphatic hydroxyl groups is 1. The van der Waals surface area contributed by atoms with E-state index >= 15 is 0 Å². The number of aliphatic hydroxyl groups excluding tert-OH is 1. The molecule has 0 saturated carbocycles. The van der Waals surface area contributed by atoms with E-state index < -0.39 is 0 Å². The Bertz CT molecular complexity index is 418. The number of rotatable bonds is 6. The lowest BCUT2D eigenvalue weighted by Gasteiger charge is -2.13. The average Bonchev–Trinajstić information content (AvgIpc) is 2.35. The predicted octanol–water partition coefficient (Wildman–Crippen LogP) is 2.58. The number of halogens is 1. The zero-order valence-corrected chi connectivity index (χ0v) is 12.1. The molecule has 5 heteroatoms. The van der Waals surface area contributed by atoms with Gasteiger partial charge in [-0.25, -0.2) is 0 Å². The van der Waals surface area contributed by atoms with E-state index in [1.165, 1.54) is 7.11 Å². The van der Waals surface area contributed by atoms with Crippen molar-refractivity contribution in [2.24, 2.45) is 0 Å². The van der Waals surface area contributed by atoms with Crippen LogP contribution in [0.15, 0.2) is 16.6 Å². The summed E-state index contributed by atoms with van der Waals surface area (Å²) in [5, 5.41) is 9.28. The van der Waals surface area contributed by atoms with Crippen molar-refractivity contribution in [3.63, 3.8) is 0 Å². The lowest BCUT2D eigenvalue weighted by Crippen LogP contribution is -2.06. The summed E-state index contributed by atoms with van der Waals surface area (Å²) >= 11 is 3.37. The SMILES string of the molecule is COC(=O)CCCOc1c(C)cc(Br)cc1CO. The van der Waals surface area contributed by atoms with E-state index in [4.69, 9.17) is 4.74 Å². The third-order valence-corrected chi connectivity index (χ3v) is 2.94. The van der Waals surface area contributed by atoms with Gasteiger partial charge < -0.3 is 14.6 Å². The van der Waals surface area contributed by atoms with E-state index in [-0.39, 0.29) is 12.6 Å². The van der Waals surface area contributed by atoms with Gasteiger partial charge >= 0.3 is 5.97 Å². The molecule has 0 unspecified atom stereocenters. The molecule has 0 heterocycles. The van der Waals surface area contributed by atoms with Gasteiger partial charge in [-0.15, -0.1) is 0 Å². The molecule has 0 aromatic heterocycles. The summed E-state index contributed by atoms with van der Waals surface area (Å²) in [6.45, 7) is 2.26. The first-order chi connectivity index (χ1) is 8.58. The number of carbonyl (C=O) groups excluding carboxylic acids is 1. The van der Waals surface area contributed by atoms with Crippen molar-refractivity contribution < 1.29 is 19.4 Å². The first kappa shape index (κ1) is 15.0. The van der Waals surface area contributed by atoms with E-state index in [0.717, 1.165) is 15.6 Å². The summed E-state index contributed by atoms with van der Waals surface area (Å²) in [5.41, 5.74) is 1.69. The topological polar surface area (TPSA) is 55.8 Å². The van der Waals surface area contributed by atoms with Crippen LogP contribution in [0.4, 0.5) is 0 Å². The van der Waals surface area contributed by atoms with Gasteiger partial charge in [-0.3, -0.25) is 4.79 Å². The standard InChI is InChI=1S/C13H17BrO4/c1-9-6-11(14)7-10(8-15)13(9)18-5-3-4-12(16)17-2/h6-7,15H,3-5,8H2,1-2H3. The van der Waals surface area contributed by atoms with Crippen LogP contribution in [0.5, 0.6) is 5.75 Å². The average molecular weight is 317 g/mol. The number of hydrogen-bond donors (Lipinski definition) is 1. The molecular weight excluding hydrogens is 300 g/mol. The maximum atomic E-state index is 10.9. The van der Waals surface area contributed by atoms with Crippen LogP contribution in [-0.4, -0.2) is 24.8 Å². The van der Waals surface area contributed by atoms with Gasteiger partial charge in [0.2, 0.25) is 0 Å². The van der Waals surface area contributed by atoms with Crippen LogP contribution in [0.2, 0.25) is 0 Å². The molecule has 0 saturated heterocycles. The maximum absolute atomic E-state index is 10.9. The zero-order valence-electron chi connectivity index (χ0n) is 10.5. The lowest BCUT2D eigenvalue weighted by molar-refractivity contribution is -0.140. The van der Waals surface area contributed by atoms with Crippen molar-refractivity contribution in [2.45, 2.75) is 26.4 Å². The molecule has 0 aliphatic rings. The Kier molecular flexibility index (Phi) is 6.15. The molecule has 0 aliphatic heterocycles. The van der Waals surface area contributed by atoms with Gasteiger partial charge in [0.1, 0.15) is 5.75 Å². The Morgan fingerprint density at radius 1 is 1.44 bits per heavy atom. The summed E-state index contributed by atoms with van der Waals surface area (Å²) < 4.78 is 11.1. The maximum Gasteiger partial charge on any atom is 0.305 e. The second-order valence-corrected chi connectivity index (χ2v) is 4.81. The van der Waals surface area contributed by atoms with Crippen molar-refractivity contribution >= 4 is 21.9 Å². The normalized spacial score (nSPS) is 10.2. The summed E-state index contributed by atoms with van der Waals surface area (Å²) in [6.07, 6.45) is 0.924. The highest BCUT2D eigenvalue weighted by atomic mass is 79.9. The largest absolute Gasteiger partial charge is 0.493 e. The minimum atomic E-state index is -0.242. The molecule has 1 aromatic carbocycles. The first-order valence-corrected chi connectivity index (χ1v) is 6.47. The fraction of sp³-hybridized carbons (Fsp3) is 0.462. The van der Waals surface area contributed by atoms with E-state index in [9.17, 15) is 9.90 Å². The Hall–Kier alpha value is -1.07. The van der Waals surface area contributed by atoms with Crippen LogP contribution in [0.1, 0.15) is 24.0 Å². The number of esters is 1. The zero-order chi connectivity index (χ0) is 13.5. The predicted molar refractivity (Wildman–Crippen MR) is 71.5 cm³/mol. The van der Waals surface area contributed by atoms with Crippen LogP contribution in [-0.2, 0) is 16.1 Å². The first-order valence-electron chi connectivity index (χ1n) is 5.68. The lowest BCUT2D eigenvalue weighted by atomic mass is 10.1. The third kappa shape index (κ3) is 4.31. The molecule has 1 aromatic rings. The molecule has 0 bridgehead atoms. The van der Waals surface area contributed by atoms with Crippen LogP contribution in [0.25, 0.3) is 0 Å². The second kappa shape index (κ2) is 7.38. The number of hydrogen-bond acceptors (Lipinski definition) is 4. The fourth-order valence-electron chi connectivity index (χ4n) is 1.62. The monoisotopic (exact) mass is 316 g/mol. The highest BCUT2D eigenvalue weighted by molar-refractivity contribution is 9.10. The highest BCUT2D eigenvalue weighted by Crippen LogP contribution is 2.28. The molecule has 0 atom stereocenters. The molecule has 0 aliphatic carbocycles. The van der Waals surface area contributed by atoms with Gasteiger partial charge in [0.25, 0.3) is 0 Å². The van der Waals surface area contributed by atoms with Crippen molar-refractivity contribution in [3.05, 3.63) is 27.7 Å². The summed E-state index contributed by atoms with van der Waals surface area (Å²) in [5.74, 6) is 0.444. The van der Waals surface area contributed by atoms with Gasteiger partial charge in [-0.2, -0.15) is 0 Å². The van der Waals surface area contributed by atoms with E-state index in [0.29, 0.717) is 25.2 Å². The smallest absolute Gasteiger partial charge is 0.305 e. The Morgan fingerprint density at radius 2 is 2.17 bits per heavy atom. The van der Waals surface area contributed by atoms with Crippen molar-refractivity contribution in [1.82, 2.24) is 0 Å². The van der Waals surface area contributed by atoms with Gasteiger partial charge in [-0.1, -0.05) is 15.9 Å². The van der Waals surface area contributed by atoms with Crippen molar-refractivity contribution in [3.8, 4) is 5.75 Å². The Balaban J connectivity index is 2.59. The molecular formula is C13H17BrO4. The minimum Gasteiger partial charge on any atom is -0.493 e. The number of ether oxygens (including phenoxy) is 2. The molecule has 1 rings (SSSR count). The van der Waals surface area contributed by atoms with Crippen molar-refractivity contribution in [2.75, 3.05) is 13.7 Å². The third-order valence-electron chi connectivity index (χ3n) is 2.49. The molecule has 0 amide bonds. The highest BCUT2D eigenvalue weighted by Gasteiger charge is 2.09. The van der Waals surface area contributed by atoms with E-state index in [2.05, 4.69) is 20.7 Å². The number of benzene rings is 1. The van der Waals surface area contributed by atoms with Crippen molar-refractivity contribution in [1.29, 1.82) is 0 Å². The van der Waals surface area contributed by atoms with Crippen LogP contribution < -0.4 is 4.74 Å². The fourth-order valence-corrected chi connectivity index (χ4v) is 2.24. The van der Waals surface area contributed by atoms with Crippen LogP contribution >= 0.6 is 15.9 Å². The number of aryl methyl sites for hydroxylation is 1. The second-order valence-electron chi connectivity index (χ2n) is 3.90. The van der Waals surface area contributed by atoms with Gasteiger partial charge in [0.05, 0.1) is 20.3 Å². The molecule has 0 fully saturated rings. The molecule has 1 N–H and O–H groups in total. The molecule has 4 nitrogen and oxygen atoms in total. The van der Waals surface area contributed by atoms with E-state index in [1.807, 2.05) is 19.1 Å². The molecule has 0 spiro atoms. The van der Waals surface area contributed by atoms with Gasteiger partial charge in [0.15, 0.2) is 0 Å². The van der Waals surface area contributed by atoms with Gasteiger partial charge in [0, 0.05) is 16.5 Å². The van der Waals surface area contributed by atoms with Crippen LogP contribution in [0, 0.1) is 6.92 Å². The van der Waals surface area contributed by atoms with Crippen LogP contribution in [0.3, 0.4) is 0 Å². The number of methoxy groups -OCH3 is 1. The van der Waals surface area contributed by atoms with Gasteiger partial charge in [-0.05, 0) is 31.0 Å². The Labute approximate surface area is 115 Å².